The zero-order valence-electron chi connectivity index (χ0n) is 15.1. The van der Waals surface area contributed by atoms with E-state index in [2.05, 4.69) is 5.32 Å². The van der Waals surface area contributed by atoms with Crippen molar-refractivity contribution in [2.24, 2.45) is 0 Å². The number of ether oxygens (including phenoxy) is 1. The Kier molecular flexibility index (Phi) is 6.81. The van der Waals surface area contributed by atoms with Crippen molar-refractivity contribution in [1.82, 2.24) is 4.31 Å². The van der Waals surface area contributed by atoms with Crippen LogP contribution in [0.15, 0.2) is 64.9 Å². The van der Waals surface area contributed by atoms with Crippen LogP contribution in [0.4, 0.5) is 5.69 Å². The minimum absolute atomic E-state index is 0.0697. The fraction of sp³-hybridized carbons (Fsp3) is 0.105. The van der Waals surface area contributed by atoms with E-state index in [-0.39, 0.29) is 10.8 Å². The number of anilines is 1. The molecule has 3 aromatic rings. The van der Waals surface area contributed by atoms with Crippen LogP contribution in [-0.4, -0.2) is 32.2 Å². The molecule has 0 aliphatic carbocycles. The molecule has 1 heterocycles. The Balaban J connectivity index is 1.72. The molecule has 152 valence electrons. The maximum Gasteiger partial charge on any atom is 0.252 e. The Morgan fingerprint density at radius 2 is 1.69 bits per heavy atom. The normalized spacial score (nSPS) is 11.4. The van der Waals surface area contributed by atoms with E-state index in [4.69, 9.17) is 27.9 Å². The lowest BCUT2D eigenvalue weighted by Crippen LogP contribution is -2.34. The maximum absolute atomic E-state index is 12.5. The van der Waals surface area contributed by atoms with Crippen molar-refractivity contribution >= 4 is 56.2 Å². The number of carbonyl (C=O) groups excluding carboxylic acids is 1. The Morgan fingerprint density at radius 1 is 1.03 bits per heavy atom. The fourth-order valence-corrected chi connectivity index (χ4v) is 5.37. The molecule has 0 saturated carbocycles. The molecule has 0 aliphatic heterocycles. The highest BCUT2D eigenvalue weighted by molar-refractivity contribution is 7.91. The summed E-state index contributed by atoms with van der Waals surface area (Å²) in [5.41, 5.74) is 0.391. The molecule has 0 atom stereocenters. The van der Waals surface area contributed by atoms with Crippen molar-refractivity contribution in [2.75, 3.05) is 18.9 Å². The van der Waals surface area contributed by atoms with Crippen LogP contribution in [0.25, 0.3) is 0 Å². The third-order valence-corrected chi connectivity index (χ3v) is 7.61. The quantitative estimate of drug-likeness (QED) is 0.520. The highest BCUT2D eigenvalue weighted by atomic mass is 35.5. The number of hydrogen-bond acceptors (Lipinski definition) is 5. The Labute approximate surface area is 182 Å². The van der Waals surface area contributed by atoms with Crippen LogP contribution in [0.3, 0.4) is 0 Å². The van der Waals surface area contributed by atoms with E-state index in [1.165, 1.54) is 19.2 Å². The van der Waals surface area contributed by atoms with E-state index in [1.807, 2.05) is 0 Å². The molecule has 2 aromatic carbocycles. The molecule has 0 aliphatic rings. The van der Waals surface area contributed by atoms with Crippen LogP contribution < -0.4 is 10.1 Å². The van der Waals surface area contributed by atoms with Gasteiger partial charge >= 0.3 is 0 Å². The zero-order valence-corrected chi connectivity index (χ0v) is 18.3. The van der Waals surface area contributed by atoms with Gasteiger partial charge in [0, 0.05) is 7.05 Å². The number of rotatable bonds is 7. The van der Waals surface area contributed by atoms with E-state index >= 15 is 0 Å². The van der Waals surface area contributed by atoms with E-state index < -0.39 is 15.9 Å². The van der Waals surface area contributed by atoms with Gasteiger partial charge in [-0.3, -0.25) is 4.79 Å². The number of halogens is 2. The topological polar surface area (TPSA) is 75.7 Å². The Morgan fingerprint density at radius 3 is 2.34 bits per heavy atom. The minimum atomic E-state index is -3.81. The SMILES string of the molecule is CN(CC(=O)Nc1ccccc1Oc1ccccc1Cl)S(=O)(=O)c1ccc(Cl)s1. The predicted molar refractivity (Wildman–Crippen MR) is 116 cm³/mol. The van der Waals surface area contributed by atoms with Crippen molar-refractivity contribution in [3.63, 3.8) is 0 Å². The summed E-state index contributed by atoms with van der Waals surface area (Å²) in [6.45, 7) is -0.377. The molecule has 1 aromatic heterocycles. The summed E-state index contributed by atoms with van der Waals surface area (Å²) in [4.78, 5) is 12.5. The third kappa shape index (κ3) is 5.29. The summed E-state index contributed by atoms with van der Waals surface area (Å²) in [7, 11) is -2.48. The smallest absolute Gasteiger partial charge is 0.252 e. The number of likely N-dealkylation sites (N-methyl/N-ethyl adjacent to an activating group) is 1. The second-order valence-electron chi connectivity index (χ2n) is 5.90. The minimum Gasteiger partial charge on any atom is -0.454 e. The first-order valence-corrected chi connectivity index (χ1v) is 11.3. The number of benzene rings is 2. The average Bonchev–Trinajstić information content (AvgIpc) is 3.12. The Hall–Kier alpha value is -2.10. The largest absolute Gasteiger partial charge is 0.454 e. The molecular weight excluding hydrogens is 455 g/mol. The van der Waals surface area contributed by atoms with Crippen molar-refractivity contribution in [1.29, 1.82) is 0 Å². The lowest BCUT2D eigenvalue weighted by atomic mass is 10.3. The summed E-state index contributed by atoms with van der Waals surface area (Å²) in [5, 5.41) is 3.10. The monoisotopic (exact) mass is 470 g/mol. The highest BCUT2D eigenvalue weighted by Crippen LogP contribution is 2.33. The molecule has 0 radical (unpaired) electrons. The van der Waals surface area contributed by atoms with Crippen LogP contribution >= 0.6 is 34.5 Å². The first kappa shape index (κ1) is 21.6. The Bertz CT molecular complexity index is 1130. The fourth-order valence-electron chi connectivity index (χ4n) is 2.37. The standard InChI is InChI=1S/C19H16Cl2N2O4S2/c1-23(29(25,26)19-11-10-17(21)28-19)12-18(24)22-14-7-3-5-9-16(14)27-15-8-4-2-6-13(15)20/h2-11H,12H2,1H3,(H,22,24). The molecule has 29 heavy (non-hydrogen) atoms. The number of carbonyl (C=O) groups is 1. The molecule has 1 N–H and O–H groups in total. The molecule has 10 heteroatoms. The first-order chi connectivity index (χ1) is 13.8. The first-order valence-electron chi connectivity index (χ1n) is 8.30. The lowest BCUT2D eigenvalue weighted by Gasteiger charge is -2.17. The van der Waals surface area contributed by atoms with Gasteiger partial charge in [0.15, 0.2) is 5.75 Å². The highest BCUT2D eigenvalue weighted by Gasteiger charge is 2.25. The molecule has 0 unspecified atom stereocenters. The van der Waals surface area contributed by atoms with Gasteiger partial charge in [0.25, 0.3) is 10.0 Å². The summed E-state index contributed by atoms with van der Waals surface area (Å²) in [5.74, 6) is 0.295. The molecular formula is C19H16Cl2N2O4S2. The van der Waals surface area contributed by atoms with Gasteiger partial charge < -0.3 is 10.1 Å². The number of thiophene rings is 1. The molecule has 0 saturated heterocycles. The second kappa shape index (κ2) is 9.15. The molecule has 3 rings (SSSR count). The van der Waals surface area contributed by atoms with Crippen LogP contribution in [0.1, 0.15) is 0 Å². The summed E-state index contributed by atoms with van der Waals surface area (Å²) >= 11 is 12.9. The molecule has 0 bridgehead atoms. The maximum atomic E-state index is 12.5. The predicted octanol–water partition coefficient (Wildman–Crippen LogP) is 5.11. The van der Waals surface area contributed by atoms with Gasteiger partial charge in [-0.05, 0) is 36.4 Å². The second-order valence-corrected chi connectivity index (χ2v) is 10.3. The number of nitrogens with one attached hydrogen (secondary N) is 1. The molecule has 6 nitrogen and oxygen atoms in total. The number of nitrogens with zero attached hydrogens (tertiary/aromatic N) is 1. The van der Waals surface area contributed by atoms with Crippen LogP contribution in [-0.2, 0) is 14.8 Å². The van der Waals surface area contributed by atoms with Crippen molar-refractivity contribution in [2.45, 2.75) is 4.21 Å². The molecule has 1 amide bonds. The van der Waals surface area contributed by atoms with Gasteiger partial charge in [0.2, 0.25) is 5.91 Å². The van der Waals surface area contributed by atoms with E-state index in [1.54, 1.807) is 48.5 Å². The number of hydrogen-bond donors (Lipinski definition) is 1. The van der Waals surface area contributed by atoms with Crippen LogP contribution in [0.5, 0.6) is 11.5 Å². The lowest BCUT2D eigenvalue weighted by molar-refractivity contribution is -0.116. The van der Waals surface area contributed by atoms with Gasteiger partial charge in [0.05, 0.1) is 21.6 Å². The van der Waals surface area contributed by atoms with Crippen LogP contribution in [0.2, 0.25) is 9.36 Å². The van der Waals surface area contributed by atoms with Crippen molar-refractivity contribution < 1.29 is 17.9 Å². The van der Waals surface area contributed by atoms with Gasteiger partial charge in [-0.25, -0.2) is 8.42 Å². The van der Waals surface area contributed by atoms with E-state index in [0.29, 0.717) is 26.5 Å². The molecule has 0 fully saturated rings. The van der Waals surface area contributed by atoms with Crippen molar-refractivity contribution in [3.05, 3.63) is 70.0 Å². The van der Waals surface area contributed by atoms with E-state index in [9.17, 15) is 13.2 Å². The number of para-hydroxylation sites is 3. The van der Waals surface area contributed by atoms with E-state index in [0.717, 1.165) is 15.6 Å². The summed E-state index contributed by atoms with van der Waals surface area (Å²) < 4.78 is 32.3. The summed E-state index contributed by atoms with van der Waals surface area (Å²) in [6.07, 6.45) is 0. The molecule has 0 spiro atoms. The number of sulfonamides is 1. The average molecular weight is 471 g/mol. The summed E-state index contributed by atoms with van der Waals surface area (Å²) in [6, 6.07) is 16.6. The number of amides is 1. The van der Waals surface area contributed by atoms with Gasteiger partial charge in [0.1, 0.15) is 9.96 Å². The zero-order chi connectivity index (χ0) is 21.0. The van der Waals surface area contributed by atoms with Crippen molar-refractivity contribution in [3.8, 4) is 11.5 Å². The third-order valence-electron chi connectivity index (χ3n) is 3.80. The van der Waals surface area contributed by atoms with Gasteiger partial charge in [-0.2, -0.15) is 4.31 Å². The van der Waals surface area contributed by atoms with Crippen LogP contribution in [0, 0.1) is 0 Å². The van der Waals surface area contributed by atoms with Gasteiger partial charge in [-0.1, -0.05) is 47.5 Å². The van der Waals surface area contributed by atoms with Gasteiger partial charge in [-0.15, -0.1) is 11.3 Å².